The van der Waals surface area contributed by atoms with Crippen LogP contribution in [0.3, 0.4) is 0 Å². The normalized spacial score (nSPS) is 13.8. The van der Waals surface area contributed by atoms with Gasteiger partial charge in [-0.05, 0) is 24.8 Å². The van der Waals surface area contributed by atoms with E-state index in [2.05, 4.69) is 51.9 Å². The van der Waals surface area contributed by atoms with Gasteiger partial charge in [-0.3, -0.25) is 4.68 Å². The average molecular weight is 370 g/mol. The summed E-state index contributed by atoms with van der Waals surface area (Å²) in [5, 5.41) is 17.3. The summed E-state index contributed by atoms with van der Waals surface area (Å²) in [4.78, 5) is 20.1. The summed E-state index contributed by atoms with van der Waals surface area (Å²) in [6, 6.07) is 1.29. The number of carboxylic acid groups (broad SMARTS) is 1. The third-order valence-electron chi connectivity index (χ3n) is 5.01. The molecule has 3 heterocycles. The highest BCUT2D eigenvalue weighted by molar-refractivity contribution is 5.76. The van der Waals surface area contributed by atoms with Crippen molar-refractivity contribution in [1.82, 2.24) is 24.3 Å². The van der Waals surface area contributed by atoms with Gasteiger partial charge in [0.15, 0.2) is 0 Å². The summed E-state index contributed by atoms with van der Waals surface area (Å²) >= 11 is 0. The second-order valence-electron chi connectivity index (χ2n) is 7.20. The van der Waals surface area contributed by atoms with Gasteiger partial charge in [0.1, 0.15) is 11.7 Å². The van der Waals surface area contributed by atoms with E-state index >= 15 is 0 Å². The highest BCUT2D eigenvalue weighted by Crippen LogP contribution is 2.22. The molecule has 2 atom stereocenters. The van der Waals surface area contributed by atoms with Crippen LogP contribution in [0.2, 0.25) is 0 Å². The molecule has 0 aliphatic carbocycles. The molecule has 144 valence electrons. The third kappa shape index (κ3) is 4.10. The van der Waals surface area contributed by atoms with Crippen LogP contribution < -0.4 is 5.32 Å². The van der Waals surface area contributed by atoms with Crippen LogP contribution in [0.25, 0.3) is 11.0 Å². The first-order chi connectivity index (χ1) is 12.9. The average Bonchev–Trinajstić information content (AvgIpc) is 3.25. The van der Waals surface area contributed by atoms with Gasteiger partial charge in [0.05, 0.1) is 11.9 Å². The van der Waals surface area contributed by atoms with Gasteiger partial charge >= 0.3 is 5.97 Å². The SMILES string of the molecule is CCC(Cn1ccc2cnc(Nc3cnn(C(C)C(=O)O)c3)nc21)C(C)C. The fourth-order valence-corrected chi connectivity index (χ4v) is 3.10. The van der Waals surface area contributed by atoms with Gasteiger partial charge in [0.2, 0.25) is 5.95 Å². The lowest BCUT2D eigenvalue weighted by molar-refractivity contribution is -0.140. The molecule has 0 amide bonds. The highest BCUT2D eigenvalue weighted by atomic mass is 16.4. The van der Waals surface area contributed by atoms with Gasteiger partial charge in [-0.25, -0.2) is 9.78 Å². The van der Waals surface area contributed by atoms with E-state index in [-0.39, 0.29) is 0 Å². The summed E-state index contributed by atoms with van der Waals surface area (Å²) in [6.07, 6.45) is 8.17. The quantitative estimate of drug-likeness (QED) is 0.627. The topological polar surface area (TPSA) is 97.9 Å². The van der Waals surface area contributed by atoms with E-state index in [0.29, 0.717) is 23.5 Å². The van der Waals surface area contributed by atoms with E-state index in [1.165, 1.54) is 4.68 Å². The summed E-state index contributed by atoms with van der Waals surface area (Å²) in [5.41, 5.74) is 1.53. The molecule has 8 heteroatoms. The Hall–Kier alpha value is -2.90. The van der Waals surface area contributed by atoms with E-state index in [0.717, 1.165) is 24.0 Å². The number of carboxylic acids is 1. The number of anilines is 2. The number of carbonyl (C=O) groups is 1. The molecule has 8 nitrogen and oxygen atoms in total. The first-order valence-corrected chi connectivity index (χ1v) is 9.25. The maximum absolute atomic E-state index is 11.1. The lowest BCUT2D eigenvalue weighted by Gasteiger charge is -2.20. The number of aromatic nitrogens is 5. The Morgan fingerprint density at radius 2 is 2.07 bits per heavy atom. The van der Waals surface area contributed by atoms with Gasteiger partial charge in [-0.2, -0.15) is 10.1 Å². The van der Waals surface area contributed by atoms with Crippen molar-refractivity contribution in [3.05, 3.63) is 30.9 Å². The monoisotopic (exact) mass is 370 g/mol. The molecular formula is C19H26N6O2. The molecule has 0 bridgehead atoms. The molecule has 0 spiro atoms. The molecule has 0 radical (unpaired) electrons. The van der Waals surface area contributed by atoms with Gasteiger partial charge in [0.25, 0.3) is 0 Å². The minimum Gasteiger partial charge on any atom is -0.480 e. The lowest BCUT2D eigenvalue weighted by atomic mass is 9.93. The third-order valence-corrected chi connectivity index (χ3v) is 5.01. The van der Waals surface area contributed by atoms with Gasteiger partial charge in [-0.1, -0.05) is 27.2 Å². The van der Waals surface area contributed by atoms with Gasteiger partial charge in [0, 0.05) is 30.5 Å². The van der Waals surface area contributed by atoms with Crippen LogP contribution in [0.1, 0.15) is 40.2 Å². The van der Waals surface area contributed by atoms with E-state index in [4.69, 9.17) is 5.11 Å². The standard InChI is InChI=1S/C19H26N6O2/c1-5-14(12(2)3)10-24-7-6-15-8-20-19(23-17(15)24)22-16-9-21-25(11-16)13(4)18(26)27/h6-9,11-14H,5,10H2,1-4H3,(H,26,27)(H,20,22,23). The smallest absolute Gasteiger partial charge is 0.328 e. The van der Waals surface area contributed by atoms with Crippen molar-refractivity contribution >= 4 is 28.6 Å². The predicted octanol–water partition coefficient (Wildman–Crippen LogP) is 3.70. The number of fused-ring (bicyclic) bond motifs is 1. The summed E-state index contributed by atoms with van der Waals surface area (Å²) in [5.74, 6) is 0.718. The zero-order valence-corrected chi connectivity index (χ0v) is 16.1. The van der Waals surface area contributed by atoms with Crippen molar-refractivity contribution in [3.8, 4) is 0 Å². The molecule has 0 fully saturated rings. The molecule has 0 saturated heterocycles. The van der Waals surface area contributed by atoms with Gasteiger partial charge < -0.3 is 15.0 Å². The minimum absolute atomic E-state index is 0.461. The van der Waals surface area contributed by atoms with Crippen LogP contribution in [-0.2, 0) is 11.3 Å². The fourth-order valence-electron chi connectivity index (χ4n) is 3.10. The molecule has 3 rings (SSSR count). The van der Waals surface area contributed by atoms with E-state index in [9.17, 15) is 4.79 Å². The second-order valence-corrected chi connectivity index (χ2v) is 7.20. The van der Waals surface area contributed by atoms with Crippen molar-refractivity contribution in [3.63, 3.8) is 0 Å². The van der Waals surface area contributed by atoms with E-state index < -0.39 is 12.0 Å². The van der Waals surface area contributed by atoms with Crippen LogP contribution in [0, 0.1) is 11.8 Å². The molecule has 2 unspecified atom stereocenters. The fraction of sp³-hybridized carbons (Fsp3) is 0.474. The van der Waals surface area contributed by atoms with Crippen LogP contribution in [-0.4, -0.2) is 35.4 Å². The molecule has 0 saturated carbocycles. The lowest BCUT2D eigenvalue weighted by Crippen LogP contribution is -2.15. The number of nitrogens with zero attached hydrogens (tertiary/aromatic N) is 5. The number of hydrogen-bond acceptors (Lipinski definition) is 5. The molecule has 27 heavy (non-hydrogen) atoms. The van der Waals surface area contributed by atoms with Crippen molar-refractivity contribution < 1.29 is 9.90 Å². The highest BCUT2D eigenvalue weighted by Gasteiger charge is 2.16. The molecule has 0 aliphatic heterocycles. The summed E-state index contributed by atoms with van der Waals surface area (Å²) in [7, 11) is 0. The summed E-state index contributed by atoms with van der Waals surface area (Å²) < 4.78 is 3.56. The predicted molar refractivity (Wildman–Crippen MR) is 104 cm³/mol. The number of rotatable bonds is 8. The molecule has 3 aromatic heterocycles. The molecular weight excluding hydrogens is 344 g/mol. The van der Waals surface area contributed by atoms with Crippen LogP contribution >= 0.6 is 0 Å². The van der Waals surface area contributed by atoms with Crippen LogP contribution in [0.4, 0.5) is 11.6 Å². The van der Waals surface area contributed by atoms with Crippen LogP contribution in [0.15, 0.2) is 30.9 Å². The zero-order valence-electron chi connectivity index (χ0n) is 16.1. The zero-order chi connectivity index (χ0) is 19.6. The van der Waals surface area contributed by atoms with Crippen molar-refractivity contribution in [2.24, 2.45) is 11.8 Å². The van der Waals surface area contributed by atoms with Crippen molar-refractivity contribution in [2.45, 2.75) is 46.7 Å². The molecule has 3 aromatic rings. The Morgan fingerprint density at radius 3 is 2.74 bits per heavy atom. The maximum atomic E-state index is 11.1. The first kappa shape index (κ1) is 18.9. The molecule has 0 aliphatic rings. The molecule has 0 aromatic carbocycles. The second kappa shape index (κ2) is 7.77. The minimum atomic E-state index is -0.934. The number of aliphatic carboxylic acids is 1. The Bertz CT molecular complexity index is 929. The van der Waals surface area contributed by atoms with Gasteiger partial charge in [-0.15, -0.1) is 0 Å². The number of nitrogens with one attached hydrogen (secondary N) is 1. The van der Waals surface area contributed by atoms with Crippen LogP contribution in [0.5, 0.6) is 0 Å². The van der Waals surface area contributed by atoms with Crippen molar-refractivity contribution in [1.29, 1.82) is 0 Å². The first-order valence-electron chi connectivity index (χ1n) is 9.25. The Kier molecular flexibility index (Phi) is 5.43. The Morgan fingerprint density at radius 1 is 1.30 bits per heavy atom. The molecule has 2 N–H and O–H groups in total. The van der Waals surface area contributed by atoms with E-state index in [1.54, 1.807) is 25.5 Å². The maximum Gasteiger partial charge on any atom is 0.328 e. The Labute approximate surface area is 158 Å². The van der Waals surface area contributed by atoms with Crippen molar-refractivity contribution in [2.75, 3.05) is 5.32 Å². The summed E-state index contributed by atoms with van der Waals surface area (Å²) in [6.45, 7) is 9.21. The Balaban J connectivity index is 1.82. The number of hydrogen-bond donors (Lipinski definition) is 2. The van der Waals surface area contributed by atoms with E-state index in [1.807, 2.05) is 6.07 Å². The largest absolute Gasteiger partial charge is 0.480 e.